The zero-order valence-corrected chi connectivity index (χ0v) is 11.8. The molecular weight excluding hydrogens is 263 g/mol. The minimum atomic E-state index is -1.39. The highest BCUT2D eigenvalue weighted by Gasteiger charge is 2.29. The van der Waals surface area contributed by atoms with Gasteiger partial charge in [0.2, 0.25) is 0 Å². The quantitative estimate of drug-likeness (QED) is 0.651. The van der Waals surface area contributed by atoms with Crippen molar-refractivity contribution in [3.05, 3.63) is 35.6 Å². The Labute approximate surface area is 117 Å². The fourth-order valence-corrected chi connectivity index (χ4v) is 1.77. The molecule has 0 aromatic heterocycles. The predicted octanol–water partition coefficient (Wildman–Crippen LogP) is 1.24. The van der Waals surface area contributed by atoms with Crippen molar-refractivity contribution < 1.29 is 18.7 Å². The Kier molecular flexibility index (Phi) is 5.64. The van der Waals surface area contributed by atoms with Crippen molar-refractivity contribution in [1.29, 1.82) is 0 Å². The van der Waals surface area contributed by atoms with Crippen molar-refractivity contribution in [3.8, 4) is 0 Å². The normalized spacial score (nSPS) is 13.4. The molecule has 0 radical (unpaired) electrons. The monoisotopic (exact) mass is 282 g/mol. The zero-order valence-electron chi connectivity index (χ0n) is 11.8. The molecule has 2 unspecified atom stereocenters. The molecule has 1 rings (SSSR count). The van der Waals surface area contributed by atoms with Crippen LogP contribution in [0.25, 0.3) is 0 Å². The number of hydrogen-bond acceptors (Lipinski definition) is 4. The lowest BCUT2D eigenvalue weighted by atomic mass is 10.1. The SMILES string of the molecule is CCOC(=O)C(N)C(=O)N(C)C(C)c1ccccc1F. The molecule has 2 atom stereocenters. The molecule has 2 N–H and O–H groups in total. The van der Waals surface area contributed by atoms with Gasteiger partial charge in [-0.25, -0.2) is 9.18 Å². The fraction of sp³-hybridized carbons (Fsp3) is 0.429. The van der Waals surface area contributed by atoms with Crippen LogP contribution in [0.3, 0.4) is 0 Å². The van der Waals surface area contributed by atoms with Gasteiger partial charge < -0.3 is 15.4 Å². The van der Waals surface area contributed by atoms with Crippen LogP contribution in [0.4, 0.5) is 4.39 Å². The zero-order chi connectivity index (χ0) is 15.3. The number of rotatable bonds is 5. The van der Waals surface area contributed by atoms with Gasteiger partial charge in [0.1, 0.15) is 5.82 Å². The third kappa shape index (κ3) is 3.54. The molecule has 0 saturated heterocycles. The van der Waals surface area contributed by atoms with Crippen LogP contribution in [0.2, 0.25) is 0 Å². The van der Waals surface area contributed by atoms with Gasteiger partial charge in [-0.2, -0.15) is 0 Å². The number of nitrogens with zero attached hydrogens (tertiary/aromatic N) is 1. The largest absolute Gasteiger partial charge is 0.464 e. The summed E-state index contributed by atoms with van der Waals surface area (Å²) < 4.78 is 18.4. The first-order valence-corrected chi connectivity index (χ1v) is 6.33. The van der Waals surface area contributed by atoms with Crippen molar-refractivity contribution in [2.24, 2.45) is 5.73 Å². The molecule has 5 nitrogen and oxygen atoms in total. The molecule has 0 aliphatic heterocycles. The van der Waals surface area contributed by atoms with Crippen molar-refractivity contribution >= 4 is 11.9 Å². The second kappa shape index (κ2) is 7.00. The molecule has 0 spiro atoms. The third-order valence-corrected chi connectivity index (χ3v) is 3.09. The molecule has 6 heteroatoms. The summed E-state index contributed by atoms with van der Waals surface area (Å²) in [6, 6.07) is 4.21. The van der Waals surface area contributed by atoms with Gasteiger partial charge in [0, 0.05) is 12.6 Å². The molecule has 1 aromatic carbocycles. The summed E-state index contributed by atoms with van der Waals surface area (Å²) in [4.78, 5) is 24.7. The van der Waals surface area contributed by atoms with E-state index in [0.29, 0.717) is 5.56 Å². The maximum atomic E-state index is 13.7. The number of ether oxygens (including phenoxy) is 1. The van der Waals surface area contributed by atoms with Crippen LogP contribution < -0.4 is 5.73 Å². The van der Waals surface area contributed by atoms with Gasteiger partial charge in [0.25, 0.3) is 5.91 Å². The van der Waals surface area contributed by atoms with Gasteiger partial charge in [-0.15, -0.1) is 0 Å². The summed E-state index contributed by atoms with van der Waals surface area (Å²) in [6.45, 7) is 3.43. The highest BCUT2D eigenvalue weighted by Crippen LogP contribution is 2.21. The number of nitrogens with two attached hydrogens (primary N) is 1. The van der Waals surface area contributed by atoms with Crippen molar-refractivity contribution in [3.63, 3.8) is 0 Å². The summed E-state index contributed by atoms with van der Waals surface area (Å²) in [5.74, 6) is -1.81. The average molecular weight is 282 g/mol. The minimum absolute atomic E-state index is 0.145. The van der Waals surface area contributed by atoms with Gasteiger partial charge in [-0.1, -0.05) is 18.2 Å². The molecular formula is C14H19FN2O3. The highest BCUT2D eigenvalue weighted by atomic mass is 19.1. The predicted molar refractivity (Wildman–Crippen MR) is 72.2 cm³/mol. The lowest BCUT2D eigenvalue weighted by molar-refractivity contribution is -0.151. The van der Waals surface area contributed by atoms with Crippen molar-refractivity contribution in [1.82, 2.24) is 4.90 Å². The lowest BCUT2D eigenvalue weighted by Crippen LogP contribution is -2.48. The fourth-order valence-electron chi connectivity index (χ4n) is 1.77. The molecule has 0 fully saturated rings. The Bertz CT molecular complexity index is 493. The van der Waals surface area contributed by atoms with Crippen LogP contribution in [-0.4, -0.2) is 36.5 Å². The number of esters is 1. The van der Waals surface area contributed by atoms with Crippen LogP contribution in [0, 0.1) is 5.82 Å². The second-order valence-electron chi connectivity index (χ2n) is 4.38. The van der Waals surface area contributed by atoms with E-state index in [0.717, 1.165) is 0 Å². The number of amides is 1. The van der Waals surface area contributed by atoms with Gasteiger partial charge >= 0.3 is 5.97 Å². The minimum Gasteiger partial charge on any atom is -0.464 e. The van der Waals surface area contributed by atoms with Gasteiger partial charge in [0.05, 0.1) is 12.6 Å². The molecule has 0 saturated carbocycles. The highest BCUT2D eigenvalue weighted by molar-refractivity contribution is 6.01. The first kappa shape index (κ1) is 16.1. The van der Waals surface area contributed by atoms with E-state index in [2.05, 4.69) is 0 Å². The van der Waals surface area contributed by atoms with Gasteiger partial charge in [-0.3, -0.25) is 4.79 Å². The van der Waals surface area contributed by atoms with Crippen LogP contribution in [0.5, 0.6) is 0 Å². The van der Waals surface area contributed by atoms with Crippen LogP contribution in [0.1, 0.15) is 25.5 Å². The Morgan fingerprint density at radius 1 is 1.40 bits per heavy atom. The average Bonchev–Trinajstić information content (AvgIpc) is 2.45. The van der Waals surface area contributed by atoms with Crippen LogP contribution in [0.15, 0.2) is 24.3 Å². The number of carbonyl (C=O) groups is 2. The summed E-state index contributed by atoms with van der Waals surface area (Å²) in [6.07, 6.45) is 0. The summed E-state index contributed by atoms with van der Waals surface area (Å²) >= 11 is 0. The van der Waals surface area contributed by atoms with E-state index in [1.165, 1.54) is 18.0 Å². The Balaban J connectivity index is 2.84. The number of likely N-dealkylation sites (N-methyl/N-ethyl adjacent to an activating group) is 1. The summed E-state index contributed by atoms with van der Waals surface area (Å²) in [7, 11) is 1.47. The van der Waals surface area contributed by atoms with Gasteiger partial charge in [-0.05, 0) is 19.9 Å². The van der Waals surface area contributed by atoms with Crippen molar-refractivity contribution in [2.75, 3.05) is 13.7 Å². The van der Waals surface area contributed by atoms with E-state index in [-0.39, 0.29) is 6.61 Å². The van der Waals surface area contributed by atoms with E-state index in [9.17, 15) is 14.0 Å². The molecule has 110 valence electrons. The lowest BCUT2D eigenvalue weighted by Gasteiger charge is -2.27. The number of halogens is 1. The van der Waals surface area contributed by atoms with Crippen LogP contribution >= 0.6 is 0 Å². The molecule has 0 heterocycles. The van der Waals surface area contributed by atoms with Gasteiger partial charge in [0.15, 0.2) is 6.04 Å². The van der Waals surface area contributed by atoms with E-state index < -0.39 is 29.8 Å². The maximum Gasteiger partial charge on any atom is 0.332 e. The summed E-state index contributed by atoms with van der Waals surface area (Å²) in [5, 5.41) is 0. The Hall–Kier alpha value is -1.95. The maximum absolute atomic E-state index is 13.7. The second-order valence-corrected chi connectivity index (χ2v) is 4.38. The Morgan fingerprint density at radius 3 is 2.55 bits per heavy atom. The number of benzene rings is 1. The molecule has 0 bridgehead atoms. The van der Waals surface area contributed by atoms with Crippen LogP contribution in [-0.2, 0) is 14.3 Å². The molecule has 1 amide bonds. The molecule has 20 heavy (non-hydrogen) atoms. The topological polar surface area (TPSA) is 72.6 Å². The molecule has 1 aromatic rings. The molecule has 0 aliphatic carbocycles. The van der Waals surface area contributed by atoms with E-state index in [1.807, 2.05) is 0 Å². The summed E-state index contributed by atoms with van der Waals surface area (Å²) in [5.41, 5.74) is 5.90. The smallest absolute Gasteiger partial charge is 0.332 e. The van der Waals surface area contributed by atoms with E-state index >= 15 is 0 Å². The Morgan fingerprint density at radius 2 is 2.00 bits per heavy atom. The molecule has 0 aliphatic rings. The first-order valence-electron chi connectivity index (χ1n) is 6.33. The number of carbonyl (C=O) groups excluding carboxylic acids is 2. The first-order chi connectivity index (χ1) is 9.40. The van der Waals surface area contributed by atoms with Crippen molar-refractivity contribution in [2.45, 2.75) is 25.9 Å². The number of hydrogen-bond donors (Lipinski definition) is 1. The standard InChI is InChI=1S/C14H19FN2O3/c1-4-20-14(19)12(16)13(18)17(3)9(2)10-7-5-6-8-11(10)15/h5-9,12H,4,16H2,1-3H3. The van der Waals surface area contributed by atoms with E-state index in [1.54, 1.807) is 32.0 Å². The third-order valence-electron chi connectivity index (χ3n) is 3.09. The van der Waals surface area contributed by atoms with E-state index in [4.69, 9.17) is 10.5 Å².